The summed E-state index contributed by atoms with van der Waals surface area (Å²) in [5.41, 5.74) is 2.60. The van der Waals surface area contributed by atoms with E-state index < -0.39 is 10.0 Å². The summed E-state index contributed by atoms with van der Waals surface area (Å²) in [6.45, 7) is 3.67. The fourth-order valence-corrected chi connectivity index (χ4v) is 3.55. The molecule has 7 heteroatoms. The molecular weight excluding hydrogens is 364 g/mol. The molecule has 6 nitrogen and oxygen atoms in total. The Balaban J connectivity index is 2.10. The third-order valence-corrected chi connectivity index (χ3v) is 5.45. The van der Waals surface area contributed by atoms with Gasteiger partial charge in [-0.1, -0.05) is 31.2 Å². The molecule has 0 aliphatic rings. The molecule has 27 heavy (non-hydrogen) atoms. The molecule has 2 rings (SSSR count). The lowest BCUT2D eigenvalue weighted by Crippen LogP contribution is -2.41. The molecule has 0 spiro atoms. The van der Waals surface area contributed by atoms with Crippen LogP contribution in [0.1, 0.15) is 31.0 Å². The highest BCUT2D eigenvalue weighted by atomic mass is 32.2. The summed E-state index contributed by atoms with van der Waals surface area (Å²) >= 11 is 0. The summed E-state index contributed by atoms with van der Waals surface area (Å²) in [5.74, 6) is 0.240. The number of carbonyl (C=O) groups excluding carboxylic acids is 1. The number of amides is 1. The van der Waals surface area contributed by atoms with Gasteiger partial charge in [0.25, 0.3) is 0 Å². The molecule has 146 valence electrons. The van der Waals surface area contributed by atoms with Crippen LogP contribution in [0, 0.1) is 0 Å². The second-order valence-corrected chi connectivity index (χ2v) is 8.26. The number of hydrogen-bond acceptors (Lipinski definition) is 4. The second-order valence-electron chi connectivity index (χ2n) is 6.35. The monoisotopic (exact) mass is 390 g/mol. The third kappa shape index (κ3) is 5.72. The highest BCUT2D eigenvalue weighted by Gasteiger charge is 2.22. The van der Waals surface area contributed by atoms with Crippen LogP contribution in [0.4, 0.5) is 5.69 Å². The van der Waals surface area contributed by atoms with Crippen LogP contribution in [0.15, 0.2) is 48.5 Å². The number of nitrogens with one attached hydrogen (secondary N) is 1. The Morgan fingerprint density at radius 2 is 1.70 bits per heavy atom. The van der Waals surface area contributed by atoms with Crippen molar-refractivity contribution in [2.45, 2.75) is 26.3 Å². The molecule has 0 bridgehead atoms. The first-order valence-corrected chi connectivity index (χ1v) is 10.6. The molecule has 0 saturated carbocycles. The summed E-state index contributed by atoms with van der Waals surface area (Å²) in [7, 11) is -2.08. The fourth-order valence-electron chi connectivity index (χ4n) is 2.69. The van der Waals surface area contributed by atoms with Crippen LogP contribution >= 0.6 is 0 Å². The molecule has 0 fully saturated rings. The van der Waals surface area contributed by atoms with E-state index in [-0.39, 0.29) is 18.5 Å². The molecule has 1 N–H and O–H groups in total. The summed E-state index contributed by atoms with van der Waals surface area (Å²) in [4.78, 5) is 12.5. The zero-order chi connectivity index (χ0) is 20.0. The van der Waals surface area contributed by atoms with Gasteiger partial charge in [0.05, 0.1) is 25.1 Å². The average Bonchev–Trinajstić information content (AvgIpc) is 2.65. The Morgan fingerprint density at radius 3 is 2.19 bits per heavy atom. The molecule has 0 radical (unpaired) electrons. The zero-order valence-corrected chi connectivity index (χ0v) is 16.9. The smallest absolute Gasteiger partial charge is 0.241 e. The lowest BCUT2D eigenvalue weighted by Gasteiger charge is -2.23. The van der Waals surface area contributed by atoms with E-state index in [9.17, 15) is 13.2 Å². The minimum Gasteiger partial charge on any atom is -0.497 e. The van der Waals surface area contributed by atoms with Crippen molar-refractivity contribution < 1.29 is 17.9 Å². The van der Waals surface area contributed by atoms with Gasteiger partial charge in [-0.2, -0.15) is 0 Å². The van der Waals surface area contributed by atoms with E-state index in [1.807, 2.05) is 31.2 Å². The van der Waals surface area contributed by atoms with Gasteiger partial charge in [-0.15, -0.1) is 0 Å². The quantitative estimate of drug-likeness (QED) is 0.752. The van der Waals surface area contributed by atoms with Gasteiger partial charge in [-0.05, 0) is 48.7 Å². The number of aryl methyl sites for hydroxylation is 1. The predicted octanol–water partition coefficient (Wildman–Crippen LogP) is 2.90. The SMILES string of the molecule is CCc1ccc([C@@H](C)NC(=O)CN(c2ccc(OC)cc2)S(C)(=O)=O)cc1. The Hall–Kier alpha value is -2.54. The molecule has 0 aliphatic heterocycles. The second kappa shape index (κ2) is 8.90. The van der Waals surface area contributed by atoms with E-state index in [0.29, 0.717) is 11.4 Å². The van der Waals surface area contributed by atoms with E-state index in [2.05, 4.69) is 12.2 Å². The van der Waals surface area contributed by atoms with Crippen molar-refractivity contribution >= 4 is 21.6 Å². The van der Waals surface area contributed by atoms with Gasteiger partial charge in [0.15, 0.2) is 0 Å². The molecule has 1 amide bonds. The minimum absolute atomic E-state index is 0.222. The molecular formula is C20H26N2O4S. The first kappa shape index (κ1) is 20.8. The third-order valence-electron chi connectivity index (χ3n) is 4.31. The molecule has 2 aromatic carbocycles. The van der Waals surface area contributed by atoms with E-state index in [4.69, 9.17) is 4.74 Å². The van der Waals surface area contributed by atoms with E-state index in [0.717, 1.165) is 22.5 Å². The van der Waals surface area contributed by atoms with Crippen LogP contribution in [0.25, 0.3) is 0 Å². The number of nitrogens with zero attached hydrogens (tertiary/aromatic N) is 1. The zero-order valence-electron chi connectivity index (χ0n) is 16.1. The number of sulfonamides is 1. The Morgan fingerprint density at radius 1 is 1.11 bits per heavy atom. The molecule has 0 aliphatic carbocycles. The molecule has 0 heterocycles. The van der Waals surface area contributed by atoms with Crippen molar-refractivity contribution in [1.29, 1.82) is 0 Å². The van der Waals surface area contributed by atoms with Crippen molar-refractivity contribution in [3.05, 3.63) is 59.7 Å². The van der Waals surface area contributed by atoms with Gasteiger partial charge in [0, 0.05) is 0 Å². The van der Waals surface area contributed by atoms with Gasteiger partial charge >= 0.3 is 0 Å². The van der Waals surface area contributed by atoms with E-state index in [1.54, 1.807) is 24.3 Å². The maximum atomic E-state index is 12.5. The molecule has 2 aromatic rings. The standard InChI is InChI=1S/C20H26N2O4S/c1-5-16-6-8-17(9-7-16)15(2)21-20(23)14-22(27(4,24)25)18-10-12-19(26-3)13-11-18/h6-13,15H,5,14H2,1-4H3,(H,21,23)/t15-/m1/s1. The van der Waals surface area contributed by atoms with Crippen LogP contribution in [0.3, 0.4) is 0 Å². The molecule has 0 unspecified atom stereocenters. The van der Waals surface area contributed by atoms with Gasteiger partial charge < -0.3 is 10.1 Å². The topological polar surface area (TPSA) is 75.7 Å². The van der Waals surface area contributed by atoms with Gasteiger partial charge in [-0.25, -0.2) is 8.42 Å². The van der Waals surface area contributed by atoms with Crippen molar-refractivity contribution in [2.24, 2.45) is 0 Å². The van der Waals surface area contributed by atoms with Crippen LogP contribution < -0.4 is 14.4 Å². The average molecular weight is 391 g/mol. The lowest BCUT2D eigenvalue weighted by atomic mass is 10.1. The number of rotatable bonds is 8. The lowest BCUT2D eigenvalue weighted by molar-refractivity contribution is -0.120. The van der Waals surface area contributed by atoms with Crippen molar-refractivity contribution in [3.63, 3.8) is 0 Å². The summed E-state index contributed by atoms with van der Waals surface area (Å²) < 4.78 is 30.5. The minimum atomic E-state index is -3.61. The first-order chi connectivity index (χ1) is 12.7. The Kier molecular flexibility index (Phi) is 6.85. The number of carbonyl (C=O) groups is 1. The first-order valence-electron chi connectivity index (χ1n) is 8.74. The predicted molar refractivity (Wildman–Crippen MR) is 108 cm³/mol. The summed E-state index contributed by atoms with van der Waals surface area (Å²) in [6, 6.07) is 14.3. The normalized spacial score (nSPS) is 12.3. The molecule has 0 aromatic heterocycles. The number of anilines is 1. The van der Waals surface area contributed by atoms with Crippen LogP contribution in [0.5, 0.6) is 5.75 Å². The number of hydrogen-bond donors (Lipinski definition) is 1. The molecule has 0 saturated heterocycles. The molecule has 1 atom stereocenters. The maximum Gasteiger partial charge on any atom is 0.241 e. The van der Waals surface area contributed by atoms with Crippen molar-refractivity contribution in [2.75, 3.05) is 24.2 Å². The van der Waals surface area contributed by atoms with E-state index >= 15 is 0 Å². The maximum absolute atomic E-state index is 12.5. The van der Waals surface area contributed by atoms with Crippen LogP contribution in [-0.4, -0.2) is 34.2 Å². The number of methoxy groups -OCH3 is 1. The highest BCUT2D eigenvalue weighted by Crippen LogP contribution is 2.21. The van der Waals surface area contributed by atoms with Crippen molar-refractivity contribution in [3.8, 4) is 5.75 Å². The fraction of sp³-hybridized carbons (Fsp3) is 0.350. The van der Waals surface area contributed by atoms with Gasteiger partial charge in [0.1, 0.15) is 12.3 Å². The Labute approximate surface area is 161 Å². The number of benzene rings is 2. The highest BCUT2D eigenvalue weighted by molar-refractivity contribution is 7.92. The number of ether oxygens (including phenoxy) is 1. The van der Waals surface area contributed by atoms with E-state index in [1.165, 1.54) is 12.7 Å². The largest absolute Gasteiger partial charge is 0.497 e. The summed E-state index contributed by atoms with van der Waals surface area (Å²) in [6.07, 6.45) is 2.03. The Bertz CT molecular complexity index is 862. The van der Waals surface area contributed by atoms with Crippen LogP contribution in [0.2, 0.25) is 0 Å². The van der Waals surface area contributed by atoms with Gasteiger partial charge in [0.2, 0.25) is 15.9 Å². The van der Waals surface area contributed by atoms with Crippen LogP contribution in [-0.2, 0) is 21.2 Å². The van der Waals surface area contributed by atoms with Gasteiger partial charge in [-0.3, -0.25) is 9.10 Å². The summed E-state index contributed by atoms with van der Waals surface area (Å²) in [5, 5.41) is 2.86. The van der Waals surface area contributed by atoms with Crippen molar-refractivity contribution in [1.82, 2.24) is 5.32 Å².